The number of para-hydroxylation sites is 1. The zero-order chi connectivity index (χ0) is 24.9. The van der Waals surface area contributed by atoms with Gasteiger partial charge in [0.2, 0.25) is 11.8 Å². The van der Waals surface area contributed by atoms with E-state index >= 15 is 0 Å². The number of nitrogens with zero attached hydrogens (tertiary/aromatic N) is 6. The van der Waals surface area contributed by atoms with Crippen molar-refractivity contribution in [3.63, 3.8) is 0 Å². The van der Waals surface area contributed by atoms with E-state index in [1.807, 2.05) is 78.3 Å². The Balaban J connectivity index is 1.38. The van der Waals surface area contributed by atoms with Crippen LogP contribution >= 0.6 is 0 Å². The van der Waals surface area contributed by atoms with E-state index in [1.165, 1.54) is 0 Å². The predicted octanol–water partition coefficient (Wildman–Crippen LogP) is 5.10. The van der Waals surface area contributed by atoms with Crippen molar-refractivity contribution < 1.29 is 13.9 Å². The van der Waals surface area contributed by atoms with Gasteiger partial charge in [-0.3, -0.25) is 0 Å². The number of hydrogen-bond donors (Lipinski definition) is 0. The van der Waals surface area contributed by atoms with Crippen LogP contribution in [0.4, 0.5) is 0 Å². The topological polar surface area (TPSA) is 92.5 Å². The number of ether oxygens (including phenoxy) is 2. The van der Waals surface area contributed by atoms with Crippen LogP contribution in [0.5, 0.6) is 17.5 Å². The third-order valence-corrected chi connectivity index (χ3v) is 6.61. The van der Waals surface area contributed by atoms with Crippen LogP contribution in [0.25, 0.3) is 11.3 Å². The van der Waals surface area contributed by atoms with Gasteiger partial charge >= 0.3 is 0 Å². The summed E-state index contributed by atoms with van der Waals surface area (Å²) in [4.78, 5) is 9.56. The highest BCUT2D eigenvalue weighted by Gasteiger charge is 2.39. The first-order valence-electron chi connectivity index (χ1n) is 11.9. The maximum absolute atomic E-state index is 6.43. The number of aromatic nitrogens is 6. The zero-order valence-corrected chi connectivity index (χ0v) is 20.2. The highest BCUT2D eigenvalue weighted by molar-refractivity contribution is 5.65. The molecular formula is C28H22N6O3. The van der Waals surface area contributed by atoms with Crippen molar-refractivity contribution in [1.29, 1.82) is 0 Å². The highest BCUT2D eigenvalue weighted by atomic mass is 16.5. The number of furan rings is 1. The van der Waals surface area contributed by atoms with Gasteiger partial charge in [0.05, 0.1) is 41.8 Å². The van der Waals surface area contributed by atoms with Gasteiger partial charge in [-0.2, -0.15) is 5.10 Å². The van der Waals surface area contributed by atoms with E-state index in [1.54, 1.807) is 24.2 Å². The maximum atomic E-state index is 6.43. The summed E-state index contributed by atoms with van der Waals surface area (Å²) >= 11 is 0. The Morgan fingerprint density at radius 2 is 1.78 bits per heavy atom. The molecule has 9 heteroatoms. The quantitative estimate of drug-likeness (QED) is 0.332. The third-order valence-electron chi connectivity index (χ3n) is 6.61. The molecule has 0 saturated heterocycles. The van der Waals surface area contributed by atoms with Crippen molar-refractivity contribution in [2.45, 2.75) is 19.3 Å². The summed E-state index contributed by atoms with van der Waals surface area (Å²) < 4.78 is 21.2. The van der Waals surface area contributed by atoms with E-state index in [0.717, 1.165) is 39.6 Å². The molecule has 5 heterocycles. The van der Waals surface area contributed by atoms with Crippen LogP contribution in [-0.2, 0) is 6.42 Å². The molecule has 0 spiro atoms. The van der Waals surface area contributed by atoms with Crippen LogP contribution in [0.1, 0.15) is 39.9 Å². The van der Waals surface area contributed by atoms with E-state index in [2.05, 4.69) is 4.98 Å². The lowest BCUT2D eigenvalue weighted by Crippen LogP contribution is -2.15. The van der Waals surface area contributed by atoms with Crippen molar-refractivity contribution in [2.24, 2.45) is 0 Å². The molecular weight excluding hydrogens is 468 g/mol. The second-order valence-electron chi connectivity index (χ2n) is 8.89. The molecule has 0 radical (unpaired) electrons. The van der Waals surface area contributed by atoms with E-state index in [4.69, 9.17) is 29.1 Å². The minimum atomic E-state index is -0.305. The lowest BCUT2D eigenvalue weighted by atomic mass is 9.88. The first-order valence-corrected chi connectivity index (χ1v) is 11.9. The predicted molar refractivity (Wildman–Crippen MR) is 135 cm³/mol. The van der Waals surface area contributed by atoms with Gasteiger partial charge in [0.1, 0.15) is 17.8 Å². The average molecular weight is 491 g/mol. The molecule has 0 N–H and O–H groups in total. The maximum Gasteiger partial charge on any atom is 0.230 e. The minimum Gasteiger partial charge on any atom is -0.497 e. The first kappa shape index (κ1) is 21.4. The lowest BCUT2D eigenvalue weighted by Gasteiger charge is -2.24. The van der Waals surface area contributed by atoms with Crippen molar-refractivity contribution in [2.75, 3.05) is 7.11 Å². The molecule has 0 aliphatic carbocycles. The number of fused-ring (bicyclic) bond motifs is 4. The Hall–Kier alpha value is -4.92. The molecule has 0 amide bonds. The Kier molecular flexibility index (Phi) is 4.81. The molecule has 4 aromatic heterocycles. The number of hydrogen-bond acceptors (Lipinski definition) is 7. The van der Waals surface area contributed by atoms with Crippen LogP contribution in [0, 0.1) is 6.92 Å². The highest BCUT2D eigenvalue weighted by Crippen LogP contribution is 2.49. The summed E-state index contributed by atoms with van der Waals surface area (Å²) in [6.45, 7) is 1.98. The Morgan fingerprint density at radius 3 is 2.54 bits per heavy atom. The van der Waals surface area contributed by atoms with Crippen LogP contribution < -0.4 is 9.47 Å². The molecule has 2 aromatic carbocycles. The van der Waals surface area contributed by atoms with E-state index in [0.29, 0.717) is 29.7 Å². The number of rotatable bonds is 5. The summed E-state index contributed by atoms with van der Waals surface area (Å²) in [5.41, 5.74) is 5.21. The van der Waals surface area contributed by atoms with Crippen molar-refractivity contribution in [1.82, 2.24) is 29.4 Å². The second-order valence-corrected chi connectivity index (χ2v) is 8.89. The third kappa shape index (κ3) is 3.47. The summed E-state index contributed by atoms with van der Waals surface area (Å²) in [5, 5.41) is 9.54. The van der Waals surface area contributed by atoms with Gasteiger partial charge in [-0.25, -0.2) is 19.2 Å². The fraction of sp³-hybridized carbons (Fsp3) is 0.143. The summed E-state index contributed by atoms with van der Waals surface area (Å²) in [6, 6.07) is 21.6. The van der Waals surface area contributed by atoms with Gasteiger partial charge in [-0.15, -0.1) is 5.10 Å². The van der Waals surface area contributed by atoms with Gasteiger partial charge in [0, 0.05) is 6.42 Å². The second kappa shape index (κ2) is 8.34. The zero-order valence-electron chi connectivity index (χ0n) is 20.2. The summed E-state index contributed by atoms with van der Waals surface area (Å²) in [6.07, 6.45) is 3.88. The van der Waals surface area contributed by atoms with E-state index in [-0.39, 0.29) is 5.92 Å². The van der Waals surface area contributed by atoms with Crippen LogP contribution in [0.3, 0.4) is 0 Å². The fourth-order valence-corrected chi connectivity index (χ4v) is 4.91. The Bertz CT molecular complexity index is 1720. The lowest BCUT2D eigenvalue weighted by molar-refractivity contribution is 0.392. The molecule has 0 unspecified atom stereocenters. The molecule has 1 aliphatic heterocycles. The van der Waals surface area contributed by atoms with Gasteiger partial charge < -0.3 is 13.9 Å². The normalized spacial score (nSPS) is 14.3. The van der Waals surface area contributed by atoms with Crippen molar-refractivity contribution >= 4 is 5.65 Å². The van der Waals surface area contributed by atoms with Crippen molar-refractivity contribution in [3.8, 4) is 23.2 Å². The molecule has 0 saturated carbocycles. The van der Waals surface area contributed by atoms with Gasteiger partial charge in [0.25, 0.3) is 0 Å². The Labute approximate surface area is 211 Å². The van der Waals surface area contributed by atoms with Crippen molar-refractivity contribution in [3.05, 3.63) is 113 Å². The van der Waals surface area contributed by atoms with Crippen LogP contribution in [0.15, 0.2) is 83.7 Å². The molecule has 182 valence electrons. The molecule has 6 aromatic rings. The molecule has 1 atom stereocenters. The van der Waals surface area contributed by atoms with Gasteiger partial charge in [-0.05, 0) is 48.9 Å². The van der Waals surface area contributed by atoms with Gasteiger partial charge in [0.15, 0.2) is 11.5 Å². The van der Waals surface area contributed by atoms with E-state index in [9.17, 15) is 0 Å². The SMILES string of the molecule is COc1ccc(Cc2nc3c4c(ncn3n2)Oc2c(c(C)nn2-c2ccccc2)[C@H]4c2ccco2)cc1. The van der Waals surface area contributed by atoms with E-state index < -0.39 is 0 Å². The molecule has 7 rings (SSSR count). The standard InChI is InChI=1S/C28H22N6O3/c1-17-23-24(21-9-6-14-36-21)25-26-30-22(15-18-10-12-20(35-2)13-11-18)32-33(26)16-29-27(25)37-28(23)34(31-17)19-7-4-3-5-8-19/h3-14,16,24H,15H2,1-2H3/t24-/m1/s1. The number of benzene rings is 2. The molecule has 0 bridgehead atoms. The van der Waals surface area contributed by atoms with Gasteiger partial charge in [-0.1, -0.05) is 30.3 Å². The molecule has 0 fully saturated rings. The fourth-order valence-electron chi connectivity index (χ4n) is 4.91. The molecule has 1 aliphatic rings. The number of aryl methyl sites for hydroxylation is 1. The smallest absolute Gasteiger partial charge is 0.230 e. The van der Waals surface area contributed by atoms with Crippen LogP contribution in [0.2, 0.25) is 0 Å². The summed E-state index contributed by atoms with van der Waals surface area (Å²) in [5.74, 6) is 3.03. The average Bonchev–Trinajstić information content (AvgIpc) is 3.68. The monoisotopic (exact) mass is 490 g/mol. The largest absolute Gasteiger partial charge is 0.497 e. The Morgan fingerprint density at radius 1 is 0.946 bits per heavy atom. The minimum absolute atomic E-state index is 0.305. The van der Waals surface area contributed by atoms with Crippen LogP contribution in [-0.4, -0.2) is 36.5 Å². The summed E-state index contributed by atoms with van der Waals surface area (Å²) in [7, 11) is 1.66. The number of methoxy groups -OCH3 is 1. The molecule has 9 nitrogen and oxygen atoms in total. The molecule has 37 heavy (non-hydrogen) atoms. The first-order chi connectivity index (χ1) is 18.2.